The van der Waals surface area contributed by atoms with Crippen LogP contribution in [0, 0.1) is 17.8 Å². The van der Waals surface area contributed by atoms with Crippen LogP contribution in [0.3, 0.4) is 0 Å². The normalized spacial score (nSPS) is 16.7. The van der Waals surface area contributed by atoms with Crippen molar-refractivity contribution in [3.05, 3.63) is 11.6 Å². The molecule has 0 aliphatic rings. The molecule has 2 atom stereocenters. The van der Waals surface area contributed by atoms with Gasteiger partial charge < -0.3 is 9.53 Å². The van der Waals surface area contributed by atoms with Gasteiger partial charge in [0.1, 0.15) is 11.4 Å². The molecule has 1 N–H and O–H groups in total. The summed E-state index contributed by atoms with van der Waals surface area (Å²) in [5, 5.41) is 10.3. The van der Waals surface area contributed by atoms with Crippen molar-refractivity contribution in [3.8, 4) is 12.3 Å². The standard InChI is InChI=1S/C22H40O3Si/c1-10-22(9,25-26(11-2,12-3)13-4)16-14-15-18(5)19(23)17-20(24)21(6,7)8/h1,15,19,23H,11-14,16-17H2,2-9H3/b18-15+/t19?,22-/m1/s1. The molecule has 0 aromatic heterocycles. The minimum Gasteiger partial charge on any atom is -0.401 e. The number of hydrogen-bond acceptors (Lipinski definition) is 3. The van der Waals surface area contributed by atoms with Crippen LogP contribution in [0.1, 0.15) is 74.7 Å². The van der Waals surface area contributed by atoms with Gasteiger partial charge in [0.15, 0.2) is 8.32 Å². The number of rotatable bonds is 11. The smallest absolute Gasteiger partial charge is 0.194 e. The van der Waals surface area contributed by atoms with Gasteiger partial charge in [-0.15, -0.1) is 6.42 Å². The van der Waals surface area contributed by atoms with E-state index in [0.717, 1.165) is 36.5 Å². The Bertz CT molecular complexity index is 512. The van der Waals surface area contributed by atoms with Crippen LogP contribution in [0.5, 0.6) is 0 Å². The van der Waals surface area contributed by atoms with Crippen molar-refractivity contribution >= 4 is 14.1 Å². The predicted molar refractivity (Wildman–Crippen MR) is 114 cm³/mol. The van der Waals surface area contributed by atoms with Crippen molar-refractivity contribution in [2.75, 3.05) is 0 Å². The Morgan fingerprint density at radius 1 is 1.19 bits per heavy atom. The molecule has 0 aliphatic heterocycles. The minimum absolute atomic E-state index is 0.0687. The molecule has 0 amide bonds. The zero-order valence-electron chi connectivity index (χ0n) is 18.2. The number of aliphatic hydroxyl groups is 1. The van der Waals surface area contributed by atoms with Gasteiger partial charge >= 0.3 is 0 Å². The minimum atomic E-state index is -1.77. The van der Waals surface area contributed by atoms with E-state index in [0.29, 0.717) is 0 Å². The number of carbonyl (C=O) groups excluding carboxylic acids is 1. The molecule has 26 heavy (non-hydrogen) atoms. The number of aliphatic hydroxyl groups excluding tert-OH is 1. The van der Waals surface area contributed by atoms with E-state index in [1.807, 2.05) is 40.7 Å². The van der Waals surface area contributed by atoms with E-state index in [1.54, 1.807) is 0 Å². The fourth-order valence-corrected chi connectivity index (χ4v) is 6.00. The summed E-state index contributed by atoms with van der Waals surface area (Å²) in [5.74, 6) is 2.93. The highest BCUT2D eigenvalue weighted by atomic mass is 28.4. The molecule has 0 saturated carbocycles. The molecule has 150 valence electrons. The number of carbonyl (C=O) groups is 1. The first kappa shape index (κ1) is 25.1. The highest BCUT2D eigenvalue weighted by molar-refractivity contribution is 6.73. The van der Waals surface area contributed by atoms with Crippen LogP contribution >= 0.6 is 0 Å². The molecule has 0 aliphatic carbocycles. The van der Waals surface area contributed by atoms with E-state index in [2.05, 4.69) is 26.7 Å². The fourth-order valence-electron chi connectivity index (χ4n) is 2.95. The topological polar surface area (TPSA) is 46.5 Å². The molecular formula is C22H40O3Si. The van der Waals surface area contributed by atoms with E-state index in [4.69, 9.17) is 10.8 Å². The summed E-state index contributed by atoms with van der Waals surface area (Å²) >= 11 is 0. The molecule has 0 bridgehead atoms. The summed E-state index contributed by atoms with van der Waals surface area (Å²) in [6, 6.07) is 3.21. The second-order valence-electron chi connectivity index (χ2n) is 8.60. The lowest BCUT2D eigenvalue weighted by Crippen LogP contribution is -2.45. The lowest BCUT2D eigenvalue weighted by Gasteiger charge is -2.37. The van der Waals surface area contributed by atoms with E-state index < -0.39 is 25.4 Å². The average Bonchev–Trinajstić information content (AvgIpc) is 2.58. The Labute approximate surface area is 162 Å². The maximum Gasteiger partial charge on any atom is 0.194 e. The summed E-state index contributed by atoms with van der Waals surface area (Å²) in [5.41, 5.74) is -0.171. The second kappa shape index (κ2) is 10.4. The van der Waals surface area contributed by atoms with Gasteiger partial charge in [-0.05, 0) is 50.4 Å². The van der Waals surface area contributed by atoms with E-state index >= 15 is 0 Å². The third kappa shape index (κ3) is 7.78. The number of allylic oxidation sites excluding steroid dienone is 1. The molecule has 1 unspecified atom stereocenters. The SMILES string of the molecule is C#C[C@](C)(CC/C=C(\C)C(O)CC(=O)C(C)(C)C)O[Si](CC)(CC)CC. The summed E-state index contributed by atoms with van der Waals surface area (Å²) in [6.07, 6.45) is 8.68. The zero-order chi connectivity index (χ0) is 20.6. The summed E-state index contributed by atoms with van der Waals surface area (Å²) < 4.78 is 6.53. The van der Waals surface area contributed by atoms with Crippen molar-refractivity contribution in [1.82, 2.24) is 0 Å². The second-order valence-corrected chi connectivity index (χ2v) is 13.3. The Kier molecular flexibility index (Phi) is 10.1. The Hall–Kier alpha value is -0.893. The van der Waals surface area contributed by atoms with Crippen molar-refractivity contribution in [2.24, 2.45) is 5.41 Å². The molecule has 0 aromatic rings. The van der Waals surface area contributed by atoms with Crippen molar-refractivity contribution < 1.29 is 14.3 Å². The van der Waals surface area contributed by atoms with Crippen molar-refractivity contribution in [3.63, 3.8) is 0 Å². The van der Waals surface area contributed by atoms with Crippen LogP contribution in [0.15, 0.2) is 11.6 Å². The van der Waals surface area contributed by atoms with Crippen molar-refractivity contribution in [2.45, 2.75) is 104 Å². The largest absolute Gasteiger partial charge is 0.401 e. The Balaban J connectivity index is 4.90. The fraction of sp³-hybridized carbons (Fsp3) is 0.773. The van der Waals surface area contributed by atoms with Crippen LogP contribution < -0.4 is 0 Å². The Morgan fingerprint density at radius 2 is 1.69 bits per heavy atom. The molecule has 0 radical (unpaired) electrons. The van der Waals surface area contributed by atoms with Crippen LogP contribution in [0.4, 0.5) is 0 Å². The van der Waals surface area contributed by atoms with E-state index in [9.17, 15) is 9.90 Å². The number of Topliss-reactive ketones (excluding diaryl/α,β-unsaturated/α-hetero) is 1. The molecule has 4 heteroatoms. The lowest BCUT2D eigenvalue weighted by atomic mass is 9.86. The van der Waals surface area contributed by atoms with Crippen LogP contribution in [-0.4, -0.2) is 30.9 Å². The first-order chi connectivity index (χ1) is 11.9. The van der Waals surface area contributed by atoms with E-state index in [-0.39, 0.29) is 12.2 Å². The molecule has 0 spiro atoms. The summed E-state index contributed by atoms with van der Waals surface area (Å²) in [7, 11) is -1.77. The van der Waals surface area contributed by atoms with Crippen LogP contribution in [0.2, 0.25) is 18.1 Å². The third-order valence-corrected chi connectivity index (χ3v) is 10.3. The molecule has 0 fully saturated rings. The van der Waals surface area contributed by atoms with E-state index in [1.165, 1.54) is 0 Å². The third-order valence-electron chi connectivity index (χ3n) is 5.51. The maximum absolute atomic E-state index is 12.1. The molecule has 3 nitrogen and oxygen atoms in total. The molecule has 0 saturated heterocycles. The zero-order valence-corrected chi connectivity index (χ0v) is 19.2. The van der Waals surface area contributed by atoms with Gasteiger partial charge in [0.05, 0.1) is 6.10 Å². The number of hydrogen-bond donors (Lipinski definition) is 1. The first-order valence-electron chi connectivity index (χ1n) is 9.94. The quantitative estimate of drug-likeness (QED) is 0.293. The Morgan fingerprint density at radius 3 is 2.08 bits per heavy atom. The van der Waals surface area contributed by atoms with Gasteiger partial charge in [0.25, 0.3) is 0 Å². The van der Waals surface area contributed by atoms with Crippen LogP contribution in [0.25, 0.3) is 0 Å². The average molecular weight is 381 g/mol. The van der Waals surface area contributed by atoms with Crippen LogP contribution in [-0.2, 0) is 9.22 Å². The van der Waals surface area contributed by atoms with Gasteiger partial charge in [0.2, 0.25) is 0 Å². The lowest BCUT2D eigenvalue weighted by molar-refractivity contribution is -0.127. The molecule has 0 rings (SSSR count). The molecule has 0 aromatic carbocycles. The highest BCUT2D eigenvalue weighted by Crippen LogP contribution is 2.30. The monoisotopic (exact) mass is 380 g/mol. The van der Waals surface area contributed by atoms with Crippen molar-refractivity contribution in [1.29, 1.82) is 0 Å². The first-order valence-corrected chi connectivity index (χ1v) is 12.5. The van der Waals surface area contributed by atoms with Gasteiger partial charge in [-0.1, -0.05) is 53.5 Å². The molecular weight excluding hydrogens is 340 g/mol. The van der Waals surface area contributed by atoms with Gasteiger partial charge in [-0.25, -0.2) is 0 Å². The summed E-state index contributed by atoms with van der Waals surface area (Å²) in [4.78, 5) is 12.1. The molecule has 0 heterocycles. The van der Waals surface area contributed by atoms with Gasteiger partial charge in [0, 0.05) is 11.8 Å². The highest BCUT2D eigenvalue weighted by Gasteiger charge is 2.36. The predicted octanol–water partition coefficient (Wildman–Crippen LogP) is 5.49. The maximum atomic E-state index is 12.1. The summed E-state index contributed by atoms with van der Waals surface area (Å²) in [6.45, 7) is 16.1. The number of ketones is 1. The number of terminal acetylenes is 1. The van der Waals surface area contributed by atoms with Gasteiger partial charge in [-0.3, -0.25) is 4.79 Å². The van der Waals surface area contributed by atoms with Gasteiger partial charge in [-0.2, -0.15) is 0 Å².